The molecule has 2 aromatic carbocycles. The van der Waals surface area contributed by atoms with Crippen molar-refractivity contribution in [3.8, 4) is 5.75 Å². The summed E-state index contributed by atoms with van der Waals surface area (Å²) in [5.74, 6) is 0.223. The van der Waals surface area contributed by atoms with Gasteiger partial charge in [-0.05, 0) is 43.9 Å². The minimum Gasteiger partial charge on any atom is -0.497 e. The van der Waals surface area contributed by atoms with Crippen LogP contribution in [0.1, 0.15) is 22.0 Å². The number of hydrogen-bond donors (Lipinski definition) is 1. The van der Waals surface area contributed by atoms with Gasteiger partial charge in [-0.1, -0.05) is 23.7 Å². The van der Waals surface area contributed by atoms with Crippen molar-refractivity contribution in [3.63, 3.8) is 0 Å². The summed E-state index contributed by atoms with van der Waals surface area (Å²) in [6.45, 7) is 0.290. The number of halogens is 1. The third-order valence-electron chi connectivity index (χ3n) is 3.98. The summed E-state index contributed by atoms with van der Waals surface area (Å²) in [7, 11) is 5.38. The Kier molecular flexibility index (Phi) is 6.54. The minimum atomic E-state index is -0.617. The van der Waals surface area contributed by atoms with Crippen LogP contribution in [0.15, 0.2) is 42.5 Å². The number of likely N-dealkylation sites (N-methyl/N-ethyl adjacent to an activating group) is 1. The second-order valence-corrected chi connectivity index (χ2v) is 6.32. The van der Waals surface area contributed by atoms with Gasteiger partial charge in [0, 0.05) is 17.6 Å². The van der Waals surface area contributed by atoms with E-state index in [9.17, 15) is 14.9 Å². The SMILES string of the molecule is COc1ccc(C(CNC(=O)c2ccc(Cl)cc2[N+](=O)[O-])N(C)C)cc1. The molecular formula is C18H20ClN3O4. The lowest BCUT2D eigenvalue weighted by molar-refractivity contribution is -0.385. The summed E-state index contributed by atoms with van der Waals surface area (Å²) < 4.78 is 5.15. The summed E-state index contributed by atoms with van der Waals surface area (Å²) in [6, 6.07) is 11.4. The molecule has 0 radical (unpaired) electrons. The summed E-state index contributed by atoms with van der Waals surface area (Å²) in [4.78, 5) is 24.9. The average molecular weight is 378 g/mol. The van der Waals surface area contributed by atoms with Crippen molar-refractivity contribution < 1.29 is 14.5 Å². The van der Waals surface area contributed by atoms with Crippen molar-refractivity contribution in [1.82, 2.24) is 10.2 Å². The fraction of sp³-hybridized carbons (Fsp3) is 0.278. The zero-order valence-corrected chi connectivity index (χ0v) is 15.5. The molecule has 2 rings (SSSR count). The fourth-order valence-corrected chi connectivity index (χ4v) is 2.72. The highest BCUT2D eigenvalue weighted by molar-refractivity contribution is 6.31. The van der Waals surface area contributed by atoms with Gasteiger partial charge in [-0.2, -0.15) is 0 Å². The fourth-order valence-electron chi connectivity index (χ4n) is 2.56. The lowest BCUT2D eigenvalue weighted by Crippen LogP contribution is -2.34. The van der Waals surface area contributed by atoms with E-state index in [1.54, 1.807) is 7.11 Å². The van der Waals surface area contributed by atoms with Gasteiger partial charge in [0.15, 0.2) is 0 Å². The van der Waals surface area contributed by atoms with E-state index < -0.39 is 10.8 Å². The van der Waals surface area contributed by atoms with E-state index in [0.29, 0.717) is 0 Å². The van der Waals surface area contributed by atoms with Gasteiger partial charge in [-0.15, -0.1) is 0 Å². The molecule has 0 spiro atoms. The van der Waals surface area contributed by atoms with Crippen LogP contribution in [0.4, 0.5) is 5.69 Å². The summed E-state index contributed by atoms with van der Waals surface area (Å²) >= 11 is 5.79. The van der Waals surface area contributed by atoms with E-state index in [1.807, 2.05) is 43.3 Å². The smallest absolute Gasteiger partial charge is 0.283 e. The van der Waals surface area contributed by atoms with Gasteiger partial charge < -0.3 is 15.0 Å². The molecule has 138 valence electrons. The van der Waals surface area contributed by atoms with Crippen LogP contribution in [0.2, 0.25) is 5.02 Å². The van der Waals surface area contributed by atoms with Gasteiger partial charge in [0.25, 0.3) is 11.6 Å². The molecular weight excluding hydrogens is 358 g/mol. The molecule has 1 N–H and O–H groups in total. The average Bonchev–Trinajstić information content (AvgIpc) is 2.61. The Morgan fingerprint density at radius 3 is 2.46 bits per heavy atom. The first-order valence-electron chi connectivity index (χ1n) is 7.86. The molecule has 0 saturated heterocycles. The van der Waals surface area contributed by atoms with Crippen LogP contribution in [0.5, 0.6) is 5.75 Å². The highest BCUT2D eigenvalue weighted by Crippen LogP contribution is 2.24. The van der Waals surface area contributed by atoms with Crippen molar-refractivity contribution in [1.29, 1.82) is 0 Å². The summed E-state index contributed by atoms with van der Waals surface area (Å²) in [5.41, 5.74) is 0.647. The normalized spacial score (nSPS) is 11.9. The molecule has 0 aliphatic carbocycles. The van der Waals surface area contributed by atoms with E-state index in [4.69, 9.17) is 16.3 Å². The number of methoxy groups -OCH3 is 1. The Hall–Kier alpha value is -2.64. The lowest BCUT2D eigenvalue weighted by Gasteiger charge is -2.25. The molecule has 1 amide bonds. The Morgan fingerprint density at radius 1 is 1.27 bits per heavy atom. The minimum absolute atomic E-state index is 0.0216. The van der Waals surface area contributed by atoms with Gasteiger partial charge in [0.05, 0.1) is 18.1 Å². The largest absolute Gasteiger partial charge is 0.497 e. The summed E-state index contributed by atoms with van der Waals surface area (Å²) in [6.07, 6.45) is 0. The number of carbonyl (C=O) groups excluding carboxylic acids is 1. The Labute approximate surface area is 156 Å². The molecule has 1 atom stereocenters. The molecule has 2 aromatic rings. The molecule has 0 aromatic heterocycles. The van der Waals surface area contributed by atoms with Crippen molar-refractivity contribution >= 4 is 23.2 Å². The zero-order valence-electron chi connectivity index (χ0n) is 14.7. The molecule has 0 saturated carbocycles. The predicted octanol–water partition coefficient (Wildman–Crippen LogP) is 3.29. The highest BCUT2D eigenvalue weighted by atomic mass is 35.5. The zero-order chi connectivity index (χ0) is 19.3. The Morgan fingerprint density at radius 2 is 1.92 bits per heavy atom. The standard InChI is InChI=1S/C18H20ClN3O4/c1-21(2)17(12-4-7-14(26-3)8-5-12)11-20-18(23)15-9-6-13(19)10-16(15)22(24)25/h4-10,17H,11H2,1-3H3,(H,20,23). The van der Waals surface area contributed by atoms with E-state index in [2.05, 4.69) is 5.32 Å². The van der Waals surface area contributed by atoms with Gasteiger partial charge in [-0.3, -0.25) is 14.9 Å². The second-order valence-electron chi connectivity index (χ2n) is 5.88. The maximum absolute atomic E-state index is 12.4. The molecule has 7 nitrogen and oxygen atoms in total. The number of rotatable bonds is 7. The first kappa shape index (κ1) is 19.7. The van der Waals surface area contributed by atoms with Crippen LogP contribution in [-0.2, 0) is 0 Å². The molecule has 0 aliphatic heterocycles. The van der Waals surface area contributed by atoms with Crippen LogP contribution < -0.4 is 10.1 Å². The van der Waals surface area contributed by atoms with Crippen molar-refractivity contribution in [3.05, 3.63) is 68.7 Å². The topological polar surface area (TPSA) is 84.7 Å². The van der Waals surface area contributed by atoms with Crippen LogP contribution in [0, 0.1) is 10.1 Å². The number of hydrogen-bond acceptors (Lipinski definition) is 5. The molecule has 26 heavy (non-hydrogen) atoms. The van der Waals surface area contributed by atoms with Gasteiger partial charge in [-0.25, -0.2) is 0 Å². The molecule has 0 fully saturated rings. The van der Waals surface area contributed by atoms with E-state index >= 15 is 0 Å². The van der Waals surface area contributed by atoms with E-state index in [0.717, 1.165) is 11.3 Å². The second kappa shape index (κ2) is 8.64. The van der Waals surface area contributed by atoms with Gasteiger partial charge in [0.2, 0.25) is 0 Å². The number of nitro benzene ring substituents is 1. The van der Waals surface area contributed by atoms with E-state index in [-0.39, 0.29) is 28.9 Å². The quantitative estimate of drug-likeness (QED) is 0.591. The van der Waals surface area contributed by atoms with Crippen LogP contribution in [0.3, 0.4) is 0 Å². The van der Waals surface area contributed by atoms with Gasteiger partial charge in [0.1, 0.15) is 11.3 Å². The number of ether oxygens (including phenoxy) is 1. The molecule has 0 aliphatic rings. The maximum Gasteiger partial charge on any atom is 0.283 e. The van der Waals surface area contributed by atoms with Crippen LogP contribution >= 0.6 is 11.6 Å². The molecule has 1 unspecified atom stereocenters. The molecule has 0 bridgehead atoms. The summed E-state index contributed by atoms with van der Waals surface area (Å²) in [5, 5.41) is 14.1. The highest BCUT2D eigenvalue weighted by Gasteiger charge is 2.22. The van der Waals surface area contributed by atoms with Crippen molar-refractivity contribution in [2.45, 2.75) is 6.04 Å². The van der Waals surface area contributed by atoms with E-state index in [1.165, 1.54) is 18.2 Å². The number of nitro groups is 1. The first-order chi connectivity index (χ1) is 12.3. The first-order valence-corrected chi connectivity index (χ1v) is 8.23. The number of benzene rings is 2. The number of carbonyl (C=O) groups is 1. The molecule has 0 heterocycles. The number of amides is 1. The van der Waals surface area contributed by atoms with Crippen molar-refractivity contribution in [2.75, 3.05) is 27.7 Å². The third-order valence-corrected chi connectivity index (χ3v) is 4.22. The number of nitrogens with one attached hydrogen (secondary N) is 1. The predicted molar refractivity (Wildman–Crippen MR) is 99.9 cm³/mol. The van der Waals surface area contributed by atoms with Crippen molar-refractivity contribution in [2.24, 2.45) is 0 Å². The molecule has 8 heteroatoms. The third kappa shape index (κ3) is 4.71. The Bertz CT molecular complexity index is 794. The number of nitrogens with zero attached hydrogens (tertiary/aromatic N) is 2. The Balaban J connectivity index is 2.16. The maximum atomic E-state index is 12.4. The van der Waals surface area contributed by atoms with Crippen LogP contribution in [0.25, 0.3) is 0 Å². The monoisotopic (exact) mass is 377 g/mol. The van der Waals surface area contributed by atoms with Crippen LogP contribution in [-0.4, -0.2) is 43.5 Å². The van der Waals surface area contributed by atoms with Gasteiger partial charge >= 0.3 is 0 Å². The lowest BCUT2D eigenvalue weighted by atomic mass is 10.1.